The standard InChI is InChI=1S/C19H15F2N5O3S/c20-11-6-2-1-5-10(11)17(28)24-15-16(22)25-19(26-18(15)29)30-9-14(27)23-13-8-4-3-7-12(13)21/h1-8H,9H2,(H,23,27)(H,24,28)(H3,22,25,26,29). The quantitative estimate of drug-likeness (QED) is 0.351. The van der Waals surface area contributed by atoms with Gasteiger partial charge in [-0.25, -0.2) is 13.8 Å². The lowest BCUT2D eigenvalue weighted by Crippen LogP contribution is -2.24. The van der Waals surface area contributed by atoms with E-state index in [0.29, 0.717) is 0 Å². The Hall–Kier alpha value is -3.73. The number of nitrogens with zero attached hydrogens (tertiary/aromatic N) is 1. The number of nitrogens with one attached hydrogen (secondary N) is 3. The lowest BCUT2D eigenvalue weighted by atomic mass is 10.2. The summed E-state index contributed by atoms with van der Waals surface area (Å²) in [6.45, 7) is 0. The van der Waals surface area contributed by atoms with Gasteiger partial charge in [0.1, 0.15) is 17.3 Å². The number of nitrogen functional groups attached to an aromatic ring is 1. The van der Waals surface area contributed by atoms with E-state index in [1.807, 2.05) is 0 Å². The van der Waals surface area contributed by atoms with Crippen LogP contribution in [0.4, 0.5) is 26.0 Å². The molecule has 8 nitrogen and oxygen atoms in total. The maximum Gasteiger partial charge on any atom is 0.277 e. The van der Waals surface area contributed by atoms with Gasteiger partial charge in [0, 0.05) is 0 Å². The molecule has 0 radical (unpaired) electrons. The summed E-state index contributed by atoms with van der Waals surface area (Å²) in [5, 5.41) is 4.64. The van der Waals surface area contributed by atoms with E-state index in [2.05, 4.69) is 20.6 Å². The Balaban J connectivity index is 1.66. The number of thioether (sulfide) groups is 1. The average molecular weight is 431 g/mol. The average Bonchev–Trinajstić information content (AvgIpc) is 2.71. The molecule has 5 N–H and O–H groups in total. The molecular weight excluding hydrogens is 416 g/mol. The minimum atomic E-state index is -0.864. The molecule has 0 aliphatic rings. The molecule has 3 rings (SSSR count). The van der Waals surface area contributed by atoms with Crippen LogP contribution in [0.15, 0.2) is 58.5 Å². The molecule has 2 amide bonds. The molecule has 1 heterocycles. The summed E-state index contributed by atoms with van der Waals surface area (Å²) in [5.41, 5.74) is 4.37. The molecule has 0 aliphatic carbocycles. The Bertz CT molecular complexity index is 1170. The zero-order chi connectivity index (χ0) is 21.7. The van der Waals surface area contributed by atoms with Crippen molar-refractivity contribution >= 4 is 40.8 Å². The number of aromatic nitrogens is 2. The maximum atomic E-state index is 13.7. The number of amides is 2. The van der Waals surface area contributed by atoms with Crippen molar-refractivity contribution in [2.75, 3.05) is 22.1 Å². The number of carbonyl (C=O) groups is 2. The Morgan fingerprint density at radius 3 is 2.37 bits per heavy atom. The first kappa shape index (κ1) is 21.0. The van der Waals surface area contributed by atoms with Gasteiger partial charge >= 0.3 is 0 Å². The van der Waals surface area contributed by atoms with Gasteiger partial charge in [0.25, 0.3) is 11.5 Å². The van der Waals surface area contributed by atoms with Crippen molar-refractivity contribution < 1.29 is 18.4 Å². The number of carbonyl (C=O) groups excluding carboxylic acids is 2. The van der Waals surface area contributed by atoms with E-state index in [0.717, 1.165) is 17.8 Å². The topological polar surface area (TPSA) is 130 Å². The molecule has 30 heavy (non-hydrogen) atoms. The largest absolute Gasteiger partial charge is 0.382 e. The molecule has 0 spiro atoms. The smallest absolute Gasteiger partial charge is 0.277 e. The predicted molar refractivity (Wildman–Crippen MR) is 109 cm³/mol. The van der Waals surface area contributed by atoms with Gasteiger partial charge in [0.05, 0.1) is 17.0 Å². The summed E-state index contributed by atoms with van der Waals surface area (Å²) in [4.78, 5) is 42.7. The zero-order valence-electron chi connectivity index (χ0n) is 15.2. The summed E-state index contributed by atoms with van der Waals surface area (Å²) in [6, 6.07) is 10.9. The number of hydrogen-bond acceptors (Lipinski definition) is 6. The minimum Gasteiger partial charge on any atom is -0.382 e. The normalized spacial score (nSPS) is 10.5. The van der Waals surface area contributed by atoms with Crippen LogP contribution < -0.4 is 21.9 Å². The van der Waals surface area contributed by atoms with Crippen molar-refractivity contribution in [2.24, 2.45) is 0 Å². The van der Waals surface area contributed by atoms with Crippen molar-refractivity contribution in [2.45, 2.75) is 5.16 Å². The molecule has 2 aromatic carbocycles. The molecule has 0 aliphatic heterocycles. The van der Waals surface area contributed by atoms with Gasteiger partial charge in [-0.15, -0.1) is 0 Å². The van der Waals surface area contributed by atoms with Gasteiger partial charge in [-0.2, -0.15) is 0 Å². The highest BCUT2D eigenvalue weighted by atomic mass is 32.2. The van der Waals surface area contributed by atoms with E-state index in [1.165, 1.54) is 36.4 Å². The number of anilines is 3. The Kier molecular flexibility index (Phi) is 6.42. The summed E-state index contributed by atoms with van der Waals surface area (Å²) in [5.74, 6) is -3.22. The number of hydrogen-bond donors (Lipinski definition) is 4. The van der Waals surface area contributed by atoms with Crippen LogP contribution in [0.3, 0.4) is 0 Å². The van der Waals surface area contributed by atoms with Crippen molar-refractivity contribution in [3.8, 4) is 0 Å². The number of H-pyrrole nitrogens is 1. The summed E-state index contributed by atoms with van der Waals surface area (Å²) < 4.78 is 27.3. The van der Waals surface area contributed by atoms with Crippen LogP contribution in [-0.2, 0) is 4.79 Å². The highest BCUT2D eigenvalue weighted by molar-refractivity contribution is 7.99. The zero-order valence-corrected chi connectivity index (χ0v) is 16.1. The van der Waals surface area contributed by atoms with E-state index in [1.54, 1.807) is 6.07 Å². The Morgan fingerprint density at radius 1 is 1.03 bits per heavy atom. The highest BCUT2D eigenvalue weighted by Gasteiger charge is 2.17. The molecule has 3 aromatic rings. The van der Waals surface area contributed by atoms with Crippen LogP contribution >= 0.6 is 11.8 Å². The molecule has 0 unspecified atom stereocenters. The van der Waals surface area contributed by atoms with Crippen molar-refractivity contribution in [1.82, 2.24) is 9.97 Å². The fourth-order valence-electron chi connectivity index (χ4n) is 2.37. The third-order valence-corrected chi connectivity index (χ3v) is 4.64. The highest BCUT2D eigenvalue weighted by Crippen LogP contribution is 2.19. The molecule has 0 saturated carbocycles. The third kappa shape index (κ3) is 5.00. The van der Waals surface area contributed by atoms with Crippen LogP contribution in [-0.4, -0.2) is 27.5 Å². The Labute approximate surface area is 172 Å². The lowest BCUT2D eigenvalue weighted by molar-refractivity contribution is -0.113. The van der Waals surface area contributed by atoms with Crippen molar-refractivity contribution in [1.29, 1.82) is 0 Å². The second-order valence-corrected chi connectivity index (χ2v) is 6.85. The first-order chi connectivity index (χ1) is 14.3. The van der Waals surface area contributed by atoms with Crippen molar-refractivity contribution in [3.05, 3.63) is 76.1 Å². The fraction of sp³-hybridized carbons (Fsp3) is 0.0526. The lowest BCUT2D eigenvalue weighted by Gasteiger charge is -2.09. The summed E-state index contributed by atoms with van der Waals surface area (Å²) in [7, 11) is 0. The first-order valence-electron chi connectivity index (χ1n) is 8.48. The van der Waals surface area contributed by atoms with E-state index in [-0.39, 0.29) is 33.7 Å². The van der Waals surface area contributed by atoms with Crippen LogP contribution in [0.1, 0.15) is 10.4 Å². The number of benzene rings is 2. The molecule has 0 fully saturated rings. The monoisotopic (exact) mass is 431 g/mol. The van der Waals surface area contributed by atoms with Crippen LogP contribution in [0.25, 0.3) is 0 Å². The van der Waals surface area contributed by atoms with Gasteiger partial charge in [-0.3, -0.25) is 19.4 Å². The van der Waals surface area contributed by atoms with Gasteiger partial charge < -0.3 is 16.4 Å². The molecule has 0 bridgehead atoms. The van der Waals surface area contributed by atoms with E-state index in [4.69, 9.17) is 5.73 Å². The van der Waals surface area contributed by atoms with Crippen LogP contribution in [0.5, 0.6) is 0 Å². The van der Waals surface area contributed by atoms with Gasteiger partial charge in [-0.05, 0) is 24.3 Å². The van der Waals surface area contributed by atoms with Gasteiger partial charge in [-0.1, -0.05) is 36.0 Å². The molecule has 11 heteroatoms. The van der Waals surface area contributed by atoms with E-state index >= 15 is 0 Å². The number of rotatable bonds is 6. The van der Waals surface area contributed by atoms with Crippen LogP contribution in [0, 0.1) is 11.6 Å². The number of nitrogens with two attached hydrogens (primary N) is 1. The van der Waals surface area contributed by atoms with Gasteiger partial charge in [0.2, 0.25) is 5.91 Å². The first-order valence-corrected chi connectivity index (χ1v) is 9.46. The fourth-order valence-corrected chi connectivity index (χ4v) is 3.04. The maximum absolute atomic E-state index is 13.7. The third-order valence-electron chi connectivity index (χ3n) is 3.77. The summed E-state index contributed by atoms with van der Waals surface area (Å²) in [6.07, 6.45) is 0. The van der Waals surface area contributed by atoms with E-state index in [9.17, 15) is 23.2 Å². The molecule has 0 saturated heterocycles. The molecule has 1 aromatic heterocycles. The molecular formula is C19H15F2N5O3S. The van der Waals surface area contributed by atoms with Crippen LogP contribution in [0.2, 0.25) is 0 Å². The Morgan fingerprint density at radius 2 is 1.70 bits per heavy atom. The number of para-hydroxylation sites is 1. The summed E-state index contributed by atoms with van der Waals surface area (Å²) >= 11 is 0.855. The minimum absolute atomic E-state index is 0.0186. The second-order valence-electron chi connectivity index (χ2n) is 5.88. The van der Waals surface area contributed by atoms with E-state index < -0.39 is 29.0 Å². The molecule has 0 atom stereocenters. The second kappa shape index (κ2) is 9.18. The predicted octanol–water partition coefficient (Wildman–Crippen LogP) is 2.61. The van der Waals surface area contributed by atoms with Crippen molar-refractivity contribution in [3.63, 3.8) is 0 Å². The SMILES string of the molecule is Nc1nc(SCC(=O)Nc2ccccc2F)[nH]c(=O)c1NC(=O)c1ccccc1F. The van der Waals surface area contributed by atoms with Gasteiger partial charge in [0.15, 0.2) is 11.0 Å². The number of aromatic amines is 1. The molecule has 154 valence electrons. The number of halogens is 2.